The van der Waals surface area contributed by atoms with Gasteiger partial charge in [0.15, 0.2) is 0 Å². The van der Waals surface area contributed by atoms with Gasteiger partial charge in [-0.15, -0.1) is 0 Å². The number of hydrogen-bond acceptors (Lipinski definition) is 3. The van der Waals surface area contributed by atoms with Gasteiger partial charge < -0.3 is 10.1 Å². The lowest BCUT2D eigenvalue weighted by Crippen LogP contribution is -2.47. The maximum Gasteiger partial charge on any atom is 0.0594 e. The second-order valence-electron chi connectivity index (χ2n) is 4.04. The molecule has 76 valence electrons. The van der Waals surface area contributed by atoms with Gasteiger partial charge in [0.25, 0.3) is 0 Å². The normalized spacial score (nSPS) is 36.7. The summed E-state index contributed by atoms with van der Waals surface area (Å²) in [6, 6.07) is 0.772. The predicted octanol–water partition coefficient (Wildman–Crippen LogP) is 0.317. The van der Waals surface area contributed by atoms with Crippen LogP contribution in [0.2, 0.25) is 0 Å². The Balaban J connectivity index is 1.90. The molecule has 0 radical (unpaired) electrons. The van der Waals surface area contributed by atoms with E-state index in [0.717, 1.165) is 38.3 Å². The molecule has 0 aromatic rings. The van der Waals surface area contributed by atoms with E-state index in [1.165, 1.54) is 19.5 Å². The van der Waals surface area contributed by atoms with Crippen LogP contribution in [0.15, 0.2) is 0 Å². The molecule has 3 heteroatoms. The Kier molecular flexibility index (Phi) is 3.19. The van der Waals surface area contributed by atoms with Gasteiger partial charge in [-0.3, -0.25) is 4.90 Å². The molecule has 2 heterocycles. The Morgan fingerprint density at radius 3 is 2.77 bits per heavy atom. The summed E-state index contributed by atoms with van der Waals surface area (Å²) in [5.41, 5.74) is 0. The molecular formula is C10H20N2O. The molecule has 0 saturated carbocycles. The predicted molar refractivity (Wildman–Crippen MR) is 52.8 cm³/mol. The SMILES string of the molecule is CC[C@@H]1CNC[C@H]1N1CCOCC1. The van der Waals surface area contributed by atoms with Gasteiger partial charge in [-0.1, -0.05) is 13.3 Å². The Morgan fingerprint density at radius 2 is 2.08 bits per heavy atom. The zero-order chi connectivity index (χ0) is 9.10. The summed E-state index contributed by atoms with van der Waals surface area (Å²) in [4.78, 5) is 2.59. The van der Waals surface area contributed by atoms with Crippen molar-refractivity contribution < 1.29 is 4.74 Å². The molecule has 2 fully saturated rings. The topological polar surface area (TPSA) is 24.5 Å². The molecule has 13 heavy (non-hydrogen) atoms. The smallest absolute Gasteiger partial charge is 0.0594 e. The van der Waals surface area contributed by atoms with Gasteiger partial charge in [0.1, 0.15) is 0 Å². The second-order valence-corrected chi connectivity index (χ2v) is 4.04. The number of nitrogens with zero attached hydrogens (tertiary/aromatic N) is 1. The van der Waals surface area contributed by atoms with Gasteiger partial charge in [-0.2, -0.15) is 0 Å². The summed E-state index contributed by atoms with van der Waals surface area (Å²) in [6.07, 6.45) is 1.30. The molecule has 2 atom stereocenters. The molecular weight excluding hydrogens is 164 g/mol. The molecule has 1 N–H and O–H groups in total. The highest BCUT2D eigenvalue weighted by molar-refractivity contribution is 4.88. The molecule has 2 saturated heterocycles. The first-order valence-electron chi connectivity index (χ1n) is 5.44. The highest BCUT2D eigenvalue weighted by atomic mass is 16.5. The van der Waals surface area contributed by atoms with Crippen LogP contribution in [0.1, 0.15) is 13.3 Å². The van der Waals surface area contributed by atoms with Crippen LogP contribution in [0, 0.1) is 5.92 Å². The van der Waals surface area contributed by atoms with Gasteiger partial charge in [-0.25, -0.2) is 0 Å². The Hall–Kier alpha value is -0.120. The van der Waals surface area contributed by atoms with E-state index in [9.17, 15) is 0 Å². The molecule has 2 rings (SSSR count). The molecule has 0 bridgehead atoms. The van der Waals surface area contributed by atoms with E-state index < -0.39 is 0 Å². The van der Waals surface area contributed by atoms with Crippen LogP contribution in [0.3, 0.4) is 0 Å². The van der Waals surface area contributed by atoms with Gasteiger partial charge in [0, 0.05) is 25.7 Å². The van der Waals surface area contributed by atoms with Crippen molar-refractivity contribution >= 4 is 0 Å². The molecule has 0 aliphatic carbocycles. The van der Waals surface area contributed by atoms with Crippen LogP contribution in [0.4, 0.5) is 0 Å². The van der Waals surface area contributed by atoms with Crippen molar-refractivity contribution in [2.75, 3.05) is 39.4 Å². The number of morpholine rings is 1. The lowest BCUT2D eigenvalue weighted by Gasteiger charge is -2.34. The maximum absolute atomic E-state index is 5.37. The van der Waals surface area contributed by atoms with Crippen molar-refractivity contribution in [2.45, 2.75) is 19.4 Å². The minimum atomic E-state index is 0.772. The zero-order valence-corrected chi connectivity index (χ0v) is 8.46. The third-order valence-corrected chi connectivity index (χ3v) is 3.34. The van der Waals surface area contributed by atoms with Gasteiger partial charge in [-0.05, 0) is 12.5 Å². The zero-order valence-electron chi connectivity index (χ0n) is 8.46. The fourth-order valence-corrected chi connectivity index (χ4v) is 2.47. The van der Waals surface area contributed by atoms with E-state index in [4.69, 9.17) is 4.74 Å². The van der Waals surface area contributed by atoms with E-state index >= 15 is 0 Å². The number of nitrogens with one attached hydrogen (secondary N) is 1. The Morgan fingerprint density at radius 1 is 1.31 bits per heavy atom. The average Bonchev–Trinajstić information content (AvgIpc) is 2.67. The van der Waals surface area contributed by atoms with Crippen molar-refractivity contribution in [3.63, 3.8) is 0 Å². The van der Waals surface area contributed by atoms with E-state index in [-0.39, 0.29) is 0 Å². The molecule has 3 nitrogen and oxygen atoms in total. The quantitative estimate of drug-likeness (QED) is 0.669. The van der Waals surface area contributed by atoms with Crippen molar-refractivity contribution in [1.29, 1.82) is 0 Å². The van der Waals surface area contributed by atoms with Crippen LogP contribution in [0.5, 0.6) is 0 Å². The summed E-state index contributed by atoms with van der Waals surface area (Å²) < 4.78 is 5.37. The summed E-state index contributed by atoms with van der Waals surface area (Å²) in [5.74, 6) is 0.859. The second kappa shape index (κ2) is 4.40. The fourth-order valence-electron chi connectivity index (χ4n) is 2.47. The van der Waals surface area contributed by atoms with Crippen molar-refractivity contribution in [3.8, 4) is 0 Å². The highest BCUT2D eigenvalue weighted by Crippen LogP contribution is 2.19. The summed E-state index contributed by atoms with van der Waals surface area (Å²) in [6.45, 7) is 8.79. The molecule has 0 spiro atoms. The van der Waals surface area contributed by atoms with Gasteiger partial charge in [0.2, 0.25) is 0 Å². The Labute approximate surface area is 80.4 Å². The van der Waals surface area contributed by atoms with Crippen molar-refractivity contribution in [3.05, 3.63) is 0 Å². The molecule has 0 aromatic heterocycles. The van der Waals surface area contributed by atoms with E-state index in [1.54, 1.807) is 0 Å². The lowest BCUT2D eigenvalue weighted by molar-refractivity contribution is 0.0114. The molecule has 0 unspecified atom stereocenters. The molecule has 0 aromatic carbocycles. The van der Waals surface area contributed by atoms with Crippen molar-refractivity contribution in [2.24, 2.45) is 5.92 Å². The first-order valence-corrected chi connectivity index (χ1v) is 5.44. The summed E-state index contributed by atoms with van der Waals surface area (Å²) in [5, 5.41) is 3.49. The minimum absolute atomic E-state index is 0.772. The minimum Gasteiger partial charge on any atom is -0.379 e. The van der Waals surface area contributed by atoms with Gasteiger partial charge in [0.05, 0.1) is 13.2 Å². The first kappa shape index (κ1) is 9.44. The molecule has 2 aliphatic heterocycles. The van der Waals surface area contributed by atoms with Crippen LogP contribution >= 0.6 is 0 Å². The largest absolute Gasteiger partial charge is 0.379 e. The third-order valence-electron chi connectivity index (χ3n) is 3.34. The Bertz CT molecular complexity index is 157. The summed E-state index contributed by atoms with van der Waals surface area (Å²) >= 11 is 0. The van der Waals surface area contributed by atoms with Crippen LogP contribution in [0.25, 0.3) is 0 Å². The number of ether oxygens (including phenoxy) is 1. The average molecular weight is 184 g/mol. The monoisotopic (exact) mass is 184 g/mol. The lowest BCUT2D eigenvalue weighted by atomic mass is 9.99. The first-order chi connectivity index (χ1) is 6.42. The molecule has 0 amide bonds. The van der Waals surface area contributed by atoms with Gasteiger partial charge >= 0.3 is 0 Å². The maximum atomic E-state index is 5.37. The third kappa shape index (κ3) is 2.03. The van der Waals surface area contributed by atoms with E-state index in [1.807, 2.05) is 0 Å². The van der Waals surface area contributed by atoms with Crippen LogP contribution in [-0.2, 0) is 4.74 Å². The van der Waals surface area contributed by atoms with E-state index in [2.05, 4.69) is 17.1 Å². The molecule has 2 aliphatic rings. The highest BCUT2D eigenvalue weighted by Gasteiger charge is 2.31. The van der Waals surface area contributed by atoms with Crippen LogP contribution in [-0.4, -0.2) is 50.3 Å². The number of rotatable bonds is 2. The van der Waals surface area contributed by atoms with E-state index in [0.29, 0.717) is 0 Å². The fraction of sp³-hybridized carbons (Fsp3) is 1.00. The summed E-state index contributed by atoms with van der Waals surface area (Å²) in [7, 11) is 0. The standard InChI is InChI=1S/C10H20N2O/c1-2-9-7-11-8-10(9)12-3-5-13-6-4-12/h9-11H,2-8H2,1H3/t9-,10-/m1/s1. The van der Waals surface area contributed by atoms with Crippen molar-refractivity contribution in [1.82, 2.24) is 10.2 Å². The van der Waals surface area contributed by atoms with Crippen LogP contribution < -0.4 is 5.32 Å². The number of hydrogen-bond donors (Lipinski definition) is 1.